The van der Waals surface area contributed by atoms with Gasteiger partial charge in [0.15, 0.2) is 0 Å². The lowest BCUT2D eigenvalue weighted by molar-refractivity contribution is -0.135. The zero-order chi connectivity index (χ0) is 23.7. The summed E-state index contributed by atoms with van der Waals surface area (Å²) >= 11 is 13.1. The van der Waals surface area contributed by atoms with Crippen LogP contribution in [-0.2, 0) is 9.59 Å². The van der Waals surface area contributed by atoms with Gasteiger partial charge >= 0.3 is 0 Å². The minimum absolute atomic E-state index is 0.168. The van der Waals surface area contributed by atoms with Crippen molar-refractivity contribution in [1.82, 2.24) is 14.4 Å². The van der Waals surface area contributed by atoms with Gasteiger partial charge in [0, 0.05) is 30.2 Å². The van der Waals surface area contributed by atoms with E-state index in [1.54, 1.807) is 23.1 Å². The maximum Gasteiger partial charge on any atom is 0.294 e. The molecule has 0 unspecified atom stereocenters. The van der Waals surface area contributed by atoms with E-state index in [1.807, 2.05) is 30.5 Å². The normalized spacial score (nSPS) is 18.4. The molecule has 2 aliphatic heterocycles. The standard InChI is InChI=1S/C24H25Cl2N3O3S/c1-15-11-17(16(2)29(15)18-7-8-19(25)20(26)13-18)12-21-23(31)28(24(32)33-21)14-22(30)27-9-5-3-4-6-10-27/h7-8,11-13H,3-6,9-10,14H2,1-2H3. The van der Waals surface area contributed by atoms with Crippen LogP contribution in [0.3, 0.4) is 0 Å². The Hall–Kier alpha value is -2.22. The van der Waals surface area contributed by atoms with Crippen molar-refractivity contribution in [3.8, 4) is 5.69 Å². The Morgan fingerprint density at radius 3 is 2.39 bits per heavy atom. The summed E-state index contributed by atoms with van der Waals surface area (Å²) in [6, 6.07) is 7.36. The zero-order valence-electron chi connectivity index (χ0n) is 18.6. The van der Waals surface area contributed by atoms with Gasteiger partial charge in [-0.05, 0) is 74.4 Å². The molecular formula is C24H25Cl2N3O3S. The molecule has 1 aromatic carbocycles. The number of hydrogen-bond donors (Lipinski definition) is 0. The number of carbonyl (C=O) groups excluding carboxylic acids is 3. The third kappa shape index (κ3) is 5.00. The molecule has 0 aliphatic carbocycles. The summed E-state index contributed by atoms with van der Waals surface area (Å²) in [5.41, 5.74) is 3.53. The molecule has 0 saturated carbocycles. The van der Waals surface area contributed by atoms with Crippen molar-refractivity contribution >= 4 is 58.1 Å². The van der Waals surface area contributed by atoms with Crippen molar-refractivity contribution in [2.45, 2.75) is 39.5 Å². The van der Waals surface area contributed by atoms with Crippen LogP contribution in [0.5, 0.6) is 0 Å². The lowest BCUT2D eigenvalue weighted by Gasteiger charge is -2.22. The Balaban J connectivity index is 1.55. The van der Waals surface area contributed by atoms with Crippen LogP contribution in [0, 0.1) is 13.8 Å². The molecule has 1 aromatic heterocycles. The van der Waals surface area contributed by atoms with Gasteiger partial charge in [0.2, 0.25) is 5.91 Å². The number of rotatable bonds is 4. The van der Waals surface area contributed by atoms with Crippen molar-refractivity contribution in [3.05, 3.63) is 56.2 Å². The molecule has 2 fully saturated rings. The molecule has 174 valence electrons. The van der Waals surface area contributed by atoms with Gasteiger partial charge in [-0.2, -0.15) is 0 Å². The van der Waals surface area contributed by atoms with Gasteiger partial charge in [-0.15, -0.1) is 0 Å². The number of imide groups is 1. The van der Waals surface area contributed by atoms with Crippen molar-refractivity contribution in [1.29, 1.82) is 0 Å². The number of hydrogen-bond acceptors (Lipinski definition) is 4. The molecule has 6 nitrogen and oxygen atoms in total. The highest BCUT2D eigenvalue weighted by Gasteiger charge is 2.37. The van der Waals surface area contributed by atoms with Crippen LogP contribution in [-0.4, -0.2) is 51.1 Å². The molecule has 0 radical (unpaired) electrons. The smallest absolute Gasteiger partial charge is 0.294 e. The first kappa shape index (κ1) is 23.9. The van der Waals surface area contributed by atoms with E-state index < -0.39 is 11.1 Å². The van der Waals surface area contributed by atoms with Crippen LogP contribution in [0.2, 0.25) is 10.0 Å². The SMILES string of the molecule is Cc1cc(C=C2SC(=O)N(CC(=O)N3CCCCCC3)C2=O)c(C)n1-c1ccc(Cl)c(Cl)c1. The van der Waals surface area contributed by atoms with Gasteiger partial charge in [0.1, 0.15) is 6.54 Å². The van der Waals surface area contributed by atoms with Crippen LogP contribution in [0.4, 0.5) is 4.79 Å². The molecule has 0 N–H and O–H groups in total. The van der Waals surface area contributed by atoms with E-state index in [2.05, 4.69) is 0 Å². The summed E-state index contributed by atoms with van der Waals surface area (Å²) < 4.78 is 2.02. The van der Waals surface area contributed by atoms with Crippen molar-refractivity contribution in [2.75, 3.05) is 19.6 Å². The second-order valence-electron chi connectivity index (χ2n) is 8.32. The third-order valence-electron chi connectivity index (χ3n) is 6.04. The Morgan fingerprint density at radius 2 is 1.73 bits per heavy atom. The fraction of sp³-hybridized carbons (Fsp3) is 0.375. The molecule has 4 rings (SSSR count). The van der Waals surface area contributed by atoms with Crippen LogP contribution in [0.25, 0.3) is 11.8 Å². The highest BCUT2D eigenvalue weighted by molar-refractivity contribution is 8.18. The number of likely N-dealkylation sites (tertiary alicyclic amines) is 1. The van der Waals surface area contributed by atoms with E-state index in [0.717, 1.165) is 65.0 Å². The number of carbonyl (C=O) groups is 3. The number of nitrogens with zero attached hydrogens (tertiary/aromatic N) is 3. The fourth-order valence-corrected chi connectivity index (χ4v) is 5.41. The molecule has 0 atom stereocenters. The van der Waals surface area contributed by atoms with E-state index >= 15 is 0 Å². The quantitative estimate of drug-likeness (QED) is 0.489. The van der Waals surface area contributed by atoms with Crippen molar-refractivity contribution < 1.29 is 14.4 Å². The van der Waals surface area contributed by atoms with Gasteiger partial charge in [-0.3, -0.25) is 19.3 Å². The minimum Gasteiger partial charge on any atom is -0.341 e. The number of aromatic nitrogens is 1. The predicted octanol–water partition coefficient (Wildman–Crippen LogP) is 5.84. The maximum atomic E-state index is 13.0. The van der Waals surface area contributed by atoms with Crippen molar-refractivity contribution in [3.63, 3.8) is 0 Å². The van der Waals surface area contributed by atoms with Gasteiger partial charge in [0.05, 0.1) is 15.0 Å². The molecule has 9 heteroatoms. The molecule has 2 aliphatic rings. The molecular weight excluding hydrogens is 481 g/mol. The molecule has 3 heterocycles. The average molecular weight is 506 g/mol. The van der Waals surface area contributed by atoms with E-state index in [-0.39, 0.29) is 12.5 Å². The second-order valence-corrected chi connectivity index (χ2v) is 10.1. The van der Waals surface area contributed by atoms with E-state index in [9.17, 15) is 14.4 Å². The lowest BCUT2D eigenvalue weighted by Crippen LogP contribution is -2.42. The first-order valence-corrected chi connectivity index (χ1v) is 12.5. The average Bonchev–Trinajstić information content (AvgIpc) is 3.07. The zero-order valence-corrected chi connectivity index (χ0v) is 20.9. The molecule has 33 heavy (non-hydrogen) atoms. The van der Waals surface area contributed by atoms with E-state index in [1.165, 1.54) is 0 Å². The third-order valence-corrected chi connectivity index (χ3v) is 7.69. The Kier molecular flexibility index (Phi) is 7.22. The Bertz CT molecular complexity index is 1150. The summed E-state index contributed by atoms with van der Waals surface area (Å²) in [6.07, 6.45) is 5.85. The molecule has 3 amide bonds. The molecule has 2 aromatic rings. The van der Waals surface area contributed by atoms with Crippen LogP contribution >= 0.6 is 35.0 Å². The summed E-state index contributed by atoms with van der Waals surface area (Å²) in [7, 11) is 0. The second kappa shape index (κ2) is 9.95. The number of amides is 3. The van der Waals surface area contributed by atoms with Crippen LogP contribution in [0.15, 0.2) is 29.2 Å². The number of thioether (sulfide) groups is 1. The molecule has 0 bridgehead atoms. The first-order chi connectivity index (χ1) is 15.8. The minimum atomic E-state index is -0.424. The van der Waals surface area contributed by atoms with E-state index in [0.29, 0.717) is 28.0 Å². The summed E-state index contributed by atoms with van der Waals surface area (Å²) in [5, 5.41) is 0.526. The highest BCUT2D eigenvalue weighted by atomic mass is 35.5. The van der Waals surface area contributed by atoms with Crippen LogP contribution < -0.4 is 0 Å². The van der Waals surface area contributed by atoms with Gasteiger partial charge < -0.3 is 9.47 Å². The Morgan fingerprint density at radius 1 is 1.03 bits per heavy atom. The fourth-order valence-electron chi connectivity index (χ4n) is 4.29. The molecule has 2 saturated heterocycles. The van der Waals surface area contributed by atoms with E-state index in [4.69, 9.17) is 23.2 Å². The summed E-state index contributed by atoms with van der Waals surface area (Å²) in [4.78, 5) is 41.4. The summed E-state index contributed by atoms with van der Waals surface area (Å²) in [5.74, 6) is -0.592. The molecule has 0 spiro atoms. The highest BCUT2D eigenvalue weighted by Crippen LogP contribution is 2.34. The van der Waals surface area contributed by atoms with Crippen LogP contribution in [0.1, 0.15) is 42.6 Å². The number of halogens is 2. The lowest BCUT2D eigenvalue weighted by atomic mass is 10.2. The predicted molar refractivity (Wildman–Crippen MR) is 133 cm³/mol. The monoisotopic (exact) mass is 505 g/mol. The Labute approximate surface area is 207 Å². The van der Waals surface area contributed by atoms with Gasteiger partial charge in [0.25, 0.3) is 11.1 Å². The number of benzene rings is 1. The summed E-state index contributed by atoms with van der Waals surface area (Å²) in [6.45, 7) is 5.06. The van der Waals surface area contributed by atoms with Crippen molar-refractivity contribution in [2.24, 2.45) is 0 Å². The first-order valence-electron chi connectivity index (χ1n) is 10.9. The van der Waals surface area contributed by atoms with Gasteiger partial charge in [-0.1, -0.05) is 36.0 Å². The number of aryl methyl sites for hydroxylation is 1. The maximum absolute atomic E-state index is 13.0. The topological polar surface area (TPSA) is 62.6 Å². The van der Waals surface area contributed by atoms with Gasteiger partial charge in [-0.25, -0.2) is 0 Å². The largest absolute Gasteiger partial charge is 0.341 e.